The molecule has 2 rings (SSSR count). The number of fused-ring (bicyclic) bond motifs is 1. The molecule has 0 saturated heterocycles. The monoisotopic (exact) mass is 308 g/mol. The van der Waals surface area contributed by atoms with Gasteiger partial charge in [0.05, 0.1) is 5.75 Å². The predicted octanol–water partition coefficient (Wildman–Crippen LogP) is 2.35. The fourth-order valence-corrected chi connectivity index (χ4v) is 2.64. The van der Waals surface area contributed by atoms with Gasteiger partial charge in [0.1, 0.15) is 17.9 Å². The van der Waals surface area contributed by atoms with E-state index in [4.69, 9.17) is 4.74 Å². The third kappa shape index (κ3) is 3.52. The zero-order chi connectivity index (χ0) is 15.5. The van der Waals surface area contributed by atoms with Crippen LogP contribution in [-0.2, 0) is 9.84 Å². The summed E-state index contributed by atoms with van der Waals surface area (Å²) < 4.78 is 28.2. The van der Waals surface area contributed by atoms with Crippen molar-refractivity contribution in [1.29, 1.82) is 0 Å². The molecule has 0 atom stereocenters. The molecule has 0 radical (unpaired) electrons. The van der Waals surface area contributed by atoms with E-state index in [0.29, 0.717) is 5.39 Å². The highest BCUT2D eigenvalue weighted by molar-refractivity contribution is 7.91. The molecule has 6 heteroatoms. The molecule has 21 heavy (non-hydrogen) atoms. The lowest BCUT2D eigenvalue weighted by molar-refractivity contribution is 0.0695. The standard InChI is InChI=1S/C15H16O5S/c1-2-21(18,19)10-9-20-13-8-7-11-5-3-4-6-12(11)14(13)15(16)17/h3-8H,2,9-10H2,1H3,(H,16,17). The minimum atomic E-state index is -3.14. The molecule has 0 saturated carbocycles. The molecule has 0 fully saturated rings. The van der Waals surface area contributed by atoms with E-state index in [2.05, 4.69) is 0 Å². The largest absolute Gasteiger partial charge is 0.492 e. The van der Waals surface area contributed by atoms with E-state index in [-0.39, 0.29) is 29.4 Å². The van der Waals surface area contributed by atoms with Crippen molar-refractivity contribution in [2.24, 2.45) is 0 Å². The van der Waals surface area contributed by atoms with Gasteiger partial charge in [-0.2, -0.15) is 0 Å². The molecule has 0 bridgehead atoms. The first-order valence-electron chi connectivity index (χ1n) is 6.53. The molecule has 0 spiro atoms. The highest BCUT2D eigenvalue weighted by Crippen LogP contribution is 2.28. The number of carbonyl (C=O) groups is 1. The third-order valence-corrected chi connectivity index (χ3v) is 4.86. The lowest BCUT2D eigenvalue weighted by atomic mass is 10.0. The van der Waals surface area contributed by atoms with Gasteiger partial charge in [-0.3, -0.25) is 0 Å². The first-order valence-corrected chi connectivity index (χ1v) is 8.35. The van der Waals surface area contributed by atoms with E-state index in [1.54, 1.807) is 31.2 Å². The van der Waals surface area contributed by atoms with Crippen LogP contribution in [0.4, 0.5) is 0 Å². The highest BCUT2D eigenvalue weighted by Gasteiger charge is 2.16. The highest BCUT2D eigenvalue weighted by atomic mass is 32.2. The van der Waals surface area contributed by atoms with E-state index >= 15 is 0 Å². The summed E-state index contributed by atoms with van der Waals surface area (Å²) in [5.74, 6) is -0.998. The fourth-order valence-electron chi connectivity index (χ4n) is 2.02. The van der Waals surface area contributed by atoms with Gasteiger partial charge in [0.25, 0.3) is 0 Å². The number of carboxylic acids is 1. The van der Waals surface area contributed by atoms with Crippen molar-refractivity contribution in [3.63, 3.8) is 0 Å². The summed E-state index contributed by atoms with van der Waals surface area (Å²) in [5.41, 5.74) is 0.0574. The van der Waals surface area contributed by atoms with Crippen molar-refractivity contribution in [3.05, 3.63) is 42.0 Å². The molecule has 0 aliphatic rings. The summed E-state index contributed by atoms with van der Waals surface area (Å²) in [6.45, 7) is 1.50. The van der Waals surface area contributed by atoms with Crippen molar-refractivity contribution in [2.45, 2.75) is 6.92 Å². The first-order chi connectivity index (χ1) is 9.94. The smallest absolute Gasteiger partial charge is 0.340 e. The Kier molecular flexibility index (Phi) is 4.47. The van der Waals surface area contributed by atoms with Gasteiger partial charge in [0.2, 0.25) is 0 Å². The number of rotatable bonds is 6. The van der Waals surface area contributed by atoms with E-state index in [9.17, 15) is 18.3 Å². The van der Waals surface area contributed by atoms with Crippen LogP contribution in [-0.4, -0.2) is 37.6 Å². The summed E-state index contributed by atoms with van der Waals surface area (Å²) in [7, 11) is -3.14. The van der Waals surface area contributed by atoms with Crippen LogP contribution in [0.3, 0.4) is 0 Å². The van der Waals surface area contributed by atoms with Crippen LogP contribution in [0, 0.1) is 0 Å². The molecule has 1 N–H and O–H groups in total. The van der Waals surface area contributed by atoms with E-state index in [0.717, 1.165) is 5.39 Å². The van der Waals surface area contributed by atoms with Gasteiger partial charge in [0.15, 0.2) is 9.84 Å². The Morgan fingerprint density at radius 1 is 1.19 bits per heavy atom. The maximum Gasteiger partial charge on any atom is 0.340 e. The number of hydrogen-bond donors (Lipinski definition) is 1. The summed E-state index contributed by atoms with van der Waals surface area (Å²) in [6.07, 6.45) is 0. The Morgan fingerprint density at radius 2 is 1.90 bits per heavy atom. The van der Waals surface area contributed by atoms with Crippen LogP contribution >= 0.6 is 0 Å². The number of aromatic carboxylic acids is 1. The lowest BCUT2D eigenvalue weighted by Gasteiger charge is -2.11. The second-order valence-corrected chi connectivity index (χ2v) is 7.02. The number of ether oxygens (including phenoxy) is 1. The van der Waals surface area contributed by atoms with Gasteiger partial charge in [-0.05, 0) is 16.8 Å². The molecule has 0 aliphatic heterocycles. The van der Waals surface area contributed by atoms with Gasteiger partial charge in [-0.15, -0.1) is 0 Å². The Bertz CT molecular complexity index is 765. The molecule has 2 aromatic rings. The van der Waals surface area contributed by atoms with Crippen molar-refractivity contribution in [3.8, 4) is 5.75 Å². The molecular weight excluding hydrogens is 292 g/mol. The molecule has 0 heterocycles. The summed E-state index contributed by atoms with van der Waals surface area (Å²) >= 11 is 0. The Hall–Kier alpha value is -2.08. The van der Waals surface area contributed by atoms with Crippen molar-refractivity contribution in [1.82, 2.24) is 0 Å². The normalized spacial score (nSPS) is 11.5. The Labute approximate surface area is 123 Å². The van der Waals surface area contributed by atoms with Gasteiger partial charge in [-0.25, -0.2) is 13.2 Å². The number of hydrogen-bond acceptors (Lipinski definition) is 4. The summed E-state index contributed by atoms with van der Waals surface area (Å²) in [5, 5.41) is 10.7. The second-order valence-electron chi connectivity index (χ2n) is 4.55. The molecule has 0 amide bonds. The number of benzene rings is 2. The Morgan fingerprint density at radius 3 is 2.57 bits per heavy atom. The van der Waals surface area contributed by atoms with Crippen molar-refractivity contribution >= 4 is 26.6 Å². The van der Waals surface area contributed by atoms with E-state index in [1.807, 2.05) is 12.1 Å². The topological polar surface area (TPSA) is 80.7 Å². The summed E-state index contributed by atoms with van der Waals surface area (Å²) in [4.78, 5) is 11.5. The minimum Gasteiger partial charge on any atom is -0.492 e. The maximum atomic E-state index is 11.5. The molecule has 0 unspecified atom stereocenters. The first kappa shape index (κ1) is 15.3. The average Bonchev–Trinajstić information content (AvgIpc) is 2.46. The number of carboxylic acid groups (broad SMARTS) is 1. The fraction of sp³-hybridized carbons (Fsp3) is 0.267. The van der Waals surface area contributed by atoms with Gasteiger partial charge in [0, 0.05) is 5.75 Å². The van der Waals surface area contributed by atoms with Gasteiger partial charge in [-0.1, -0.05) is 37.3 Å². The predicted molar refractivity (Wildman–Crippen MR) is 80.7 cm³/mol. The SMILES string of the molecule is CCS(=O)(=O)CCOc1ccc2ccccc2c1C(=O)O. The minimum absolute atomic E-state index is 0.0415. The molecule has 0 aromatic heterocycles. The molecule has 112 valence electrons. The molecule has 2 aromatic carbocycles. The molecule has 0 aliphatic carbocycles. The van der Waals surface area contributed by atoms with Crippen LogP contribution in [0.5, 0.6) is 5.75 Å². The molecular formula is C15H16O5S. The van der Waals surface area contributed by atoms with E-state index < -0.39 is 15.8 Å². The summed E-state index contributed by atoms with van der Waals surface area (Å²) in [6, 6.07) is 10.4. The van der Waals surface area contributed by atoms with E-state index in [1.165, 1.54) is 0 Å². The second kappa shape index (κ2) is 6.13. The van der Waals surface area contributed by atoms with Gasteiger partial charge < -0.3 is 9.84 Å². The Balaban J connectivity index is 2.32. The maximum absolute atomic E-state index is 11.5. The van der Waals surface area contributed by atoms with Crippen LogP contribution < -0.4 is 4.74 Å². The molecule has 5 nitrogen and oxygen atoms in total. The zero-order valence-corrected chi connectivity index (χ0v) is 12.4. The average molecular weight is 308 g/mol. The number of sulfone groups is 1. The lowest BCUT2D eigenvalue weighted by Crippen LogP contribution is -2.16. The quantitative estimate of drug-likeness (QED) is 0.886. The third-order valence-electron chi connectivity index (χ3n) is 3.20. The van der Waals surface area contributed by atoms with Crippen molar-refractivity contribution < 1.29 is 23.1 Å². The van der Waals surface area contributed by atoms with Crippen LogP contribution in [0.15, 0.2) is 36.4 Å². The van der Waals surface area contributed by atoms with Crippen LogP contribution in [0.1, 0.15) is 17.3 Å². The van der Waals surface area contributed by atoms with Crippen molar-refractivity contribution in [2.75, 3.05) is 18.1 Å². The van der Waals surface area contributed by atoms with Gasteiger partial charge >= 0.3 is 5.97 Å². The van der Waals surface area contributed by atoms with Crippen LogP contribution in [0.25, 0.3) is 10.8 Å². The van der Waals surface area contributed by atoms with Crippen LogP contribution in [0.2, 0.25) is 0 Å². The zero-order valence-electron chi connectivity index (χ0n) is 11.6.